The van der Waals surface area contributed by atoms with Gasteiger partial charge in [0.1, 0.15) is 5.75 Å². The van der Waals surface area contributed by atoms with Gasteiger partial charge < -0.3 is 9.74 Å². The lowest BCUT2D eigenvalue weighted by atomic mass is 10.1. The fourth-order valence-electron chi connectivity index (χ4n) is 2.76. The molecule has 1 fully saturated rings. The van der Waals surface area contributed by atoms with Crippen molar-refractivity contribution in [2.45, 2.75) is 11.3 Å². The third-order valence-electron chi connectivity index (χ3n) is 4.38. The second-order valence-electron chi connectivity index (χ2n) is 6.43. The van der Waals surface area contributed by atoms with Crippen LogP contribution in [0.5, 0.6) is 5.75 Å². The zero-order valence-corrected chi connectivity index (χ0v) is 15.8. The number of hydrogen-bond donors (Lipinski definition) is 1. The molecule has 0 spiro atoms. The SMILES string of the molecule is CN1CCN(Oc2ccc(CCNS(=O)(=O)c3ccccc3)cc2)CC1. The third-order valence-corrected chi connectivity index (χ3v) is 5.86. The molecule has 0 saturated carbocycles. The number of piperazine rings is 1. The largest absolute Gasteiger partial charge is 0.406 e. The Bertz CT molecular complexity index is 787. The fourth-order valence-corrected chi connectivity index (χ4v) is 3.81. The van der Waals surface area contributed by atoms with Crippen molar-refractivity contribution in [2.75, 3.05) is 39.8 Å². The molecule has 0 radical (unpaired) electrons. The van der Waals surface area contributed by atoms with E-state index in [-0.39, 0.29) is 4.90 Å². The van der Waals surface area contributed by atoms with E-state index in [1.54, 1.807) is 30.3 Å². The summed E-state index contributed by atoms with van der Waals surface area (Å²) in [5.74, 6) is 0.808. The maximum Gasteiger partial charge on any atom is 0.240 e. The molecule has 1 aliphatic heterocycles. The van der Waals surface area contributed by atoms with Gasteiger partial charge in [-0.25, -0.2) is 13.1 Å². The summed E-state index contributed by atoms with van der Waals surface area (Å²) in [5, 5.41) is 1.98. The van der Waals surface area contributed by atoms with Gasteiger partial charge in [-0.1, -0.05) is 30.3 Å². The second kappa shape index (κ2) is 8.64. The number of likely N-dealkylation sites (N-methyl/N-ethyl adjacent to an activating group) is 1. The molecule has 0 amide bonds. The van der Waals surface area contributed by atoms with Crippen LogP contribution < -0.4 is 9.56 Å². The quantitative estimate of drug-likeness (QED) is 0.799. The molecule has 0 bridgehead atoms. The highest BCUT2D eigenvalue weighted by molar-refractivity contribution is 7.89. The number of nitrogens with zero attached hydrogens (tertiary/aromatic N) is 2. The van der Waals surface area contributed by atoms with Crippen molar-refractivity contribution in [3.8, 4) is 5.75 Å². The van der Waals surface area contributed by atoms with Gasteiger partial charge in [0.25, 0.3) is 0 Å². The van der Waals surface area contributed by atoms with Crippen LogP contribution in [0.1, 0.15) is 5.56 Å². The first kappa shape index (κ1) is 18.8. The minimum absolute atomic E-state index is 0.288. The highest BCUT2D eigenvalue weighted by Crippen LogP contribution is 2.15. The van der Waals surface area contributed by atoms with E-state index in [1.807, 2.05) is 29.3 Å². The topological polar surface area (TPSA) is 61.9 Å². The molecule has 140 valence electrons. The van der Waals surface area contributed by atoms with Crippen molar-refractivity contribution < 1.29 is 13.3 Å². The zero-order valence-electron chi connectivity index (χ0n) is 15.0. The van der Waals surface area contributed by atoms with Crippen molar-refractivity contribution in [1.82, 2.24) is 14.7 Å². The predicted octanol–water partition coefficient (Wildman–Crippen LogP) is 1.75. The van der Waals surface area contributed by atoms with Crippen LogP contribution in [0.2, 0.25) is 0 Å². The number of hydroxylamine groups is 2. The maximum absolute atomic E-state index is 12.2. The Kier molecular flexibility index (Phi) is 6.26. The Labute approximate surface area is 155 Å². The van der Waals surface area contributed by atoms with Gasteiger partial charge in [0.15, 0.2) is 0 Å². The van der Waals surface area contributed by atoms with E-state index < -0.39 is 10.0 Å². The Morgan fingerprint density at radius 1 is 0.962 bits per heavy atom. The van der Waals surface area contributed by atoms with Gasteiger partial charge in [0, 0.05) is 32.7 Å². The van der Waals surface area contributed by atoms with Gasteiger partial charge in [-0.05, 0) is 43.3 Å². The molecular formula is C19H25N3O3S. The summed E-state index contributed by atoms with van der Waals surface area (Å²) < 4.78 is 27.0. The van der Waals surface area contributed by atoms with Crippen LogP contribution in [0.4, 0.5) is 0 Å². The molecule has 0 unspecified atom stereocenters. The van der Waals surface area contributed by atoms with E-state index in [4.69, 9.17) is 4.84 Å². The predicted molar refractivity (Wildman–Crippen MR) is 101 cm³/mol. The van der Waals surface area contributed by atoms with Crippen molar-refractivity contribution in [2.24, 2.45) is 0 Å². The second-order valence-corrected chi connectivity index (χ2v) is 8.20. The molecule has 6 nitrogen and oxygen atoms in total. The van der Waals surface area contributed by atoms with Crippen LogP contribution in [0, 0.1) is 0 Å². The molecule has 1 heterocycles. The summed E-state index contributed by atoms with van der Waals surface area (Å²) in [4.78, 5) is 8.44. The monoisotopic (exact) mass is 375 g/mol. The number of benzene rings is 2. The summed E-state index contributed by atoms with van der Waals surface area (Å²) in [5.41, 5.74) is 1.06. The number of rotatable bonds is 7. The summed E-state index contributed by atoms with van der Waals surface area (Å²) in [7, 11) is -1.34. The Hall–Kier alpha value is -1.93. The molecule has 2 aromatic carbocycles. The molecule has 1 saturated heterocycles. The van der Waals surface area contributed by atoms with Gasteiger partial charge in [0.05, 0.1) is 4.90 Å². The lowest BCUT2D eigenvalue weighted by molar-refractivity contribution is -0.0849. The van der Waals surface area contributed by atoms with Crippen LogP contribution in [-0.2, 0) is 16.4 Å². The third kappa shape index (κ3) is 5.28. The van der Waals surface area contributed by atoms with Gasteiger partial charge in [-0.15, -0.1) is 5.06 Å². The van der Waals surface area contributed by atoms with Crippen LogP contribution in [-0.4, -0.2) is 58.2 Å². The Balaban J connectivity index is 1.47. The van der Waals surface area contributed by atoms with E-state index in [2.05, 4.69) is 16.7 Å². The molecule has 0 atom stereocenters. The lowest BCUT2D eigenvalue weighted by Crippen LogP contribution is -2.45. The van der Waals surface area contributed by atoms with Gasteiger partial charge in [0.2, 0.25) is 10.0 Å². The van der Waals surface area contributed by atoms with E-state index in [0.29, 0.717) is 13.0 Å². The first-order chi connectivity index (χ1) is 12.5. The number of hydrogen-bond acceptors (Lipinski definition) is 5. The first-order valence-electron chi connectivity index (χ1n) is 8.78. The van der Waals surface area contributed by atoms with Crippen LogP contribution in [0.3, 0.4) is 0 Å². The van der Waals surface area contributed by atoms with Crippen LogP contribution >= 0.6 is 0 Å². The highest BCUT2D eigenvalue weighted by Gasteiger charge is 2.15. The molecule has 7 heteroatoms. The molecule has 1 N–H and O–H groups in total. The van der Waals surface area contributed by atoms with Crippen molar-refractivity contribution >= 4 is 10.0 Å². The maximum atomic E-state index is 12.2. The standard InChI is InChI=1S/C19H25N3O3S/c1-21-13-15-22(16-14-21)25-18-9-7-17(8-10-18)11-12-20-26(23,24)19-5-3-2-4-6-19/h2-10,20H,11-16H2,1H3. The fraction of sp³-hybridized carbons (Fsp3) is 0.368. The normalized spacial score (nSPS) is 16.5. The van der Waals surface area contributed by atoms with E-state index >= 15 is 0 Å². The smallest absolute Gasteiger partial charge is 0.240 e. The average molecular weight is 375 g/mol. The van der Waals surface area contributed by atoms with Crippen LogP contribution in [0.15, 0.2) is 59.5 Å². The van der Waals surface area contributed by atoms with Gasteiger partial charge >= 0.3 is 0 Å². The number of nitrogens with one attached hydrogen (secondary N) is 1. The minimum Gasteiger partial charge on any atom is -0.406 e. The molecule has 26 heavy (non-hydrogen) atoms. The van der Waals surface area contributed by atoms with Gasteiger partial charge in [-0.3, -0.25) is 0 Å². The van der Waals surface area contributed by atoms with Crippen molar-refractivity contribution in [3.63, 3.8) is 0 Å². The molecular weight excluding hydrogens is 350 g/mol. The van der Waals surface area contributed by atoms with E-state index in [0.717, 1.165) is 37.5 Å². The van der Waals surface area contributed by atoms with Crippen molar-refractivity contribution in [3.05, 3.63) is 60.2 Å². The van der Waals surface area contributed by atoms with E-state index in [9.17, 15) is 8.42 Å². The highest BCUT2D eigenvalue weighted by atomic mass is 32.2. The summed E-state index contributed by atoms with van der Waals surface area (Å²) in [6.07, 6.45) is 0.626. The zero-order chi connectivity index (χ0) is 18.4. The summed E-state index contributed by atoms with van der Waals surface area (Å²) in [6.45, 7) is 4.13. The Morgan fingerprint density at radius 2 is 1.62 bits per heavy atom. The lowest BCUT2D eigenvalue weighted by Gasteiger charge is -2.31. The average Bonchev–Trinajstić information content (AvgIpc) is 2.66. The van der Waals surface area contributed by atoms with E-state index in [1.165, 1.54) is 0 Å². The first-order valence-corrected chi connectivity index (χ1v) is 10.3. The van der Waals surface area contributed by atoms with Crippen LogP contribution in [0.25, 0.3) is 0 Å². The molecule has 0 aromatic heterocycles. The molecule has 2 aromatic rings. The summed E-state index contributed by atoms with van der Waals surface area (Å²) >= 11 is 0. The molecule has 3 rings (SSSR count). The molecule has 1 aliphatic rings. The van der Waals surface area contributed by atoms with Crippen molar-refractivity contribution in [1.29, 1.82) is 0 Å². The summed E-state index contributed by atoms with van der Waals surface area (Å²) in [6, 6.07) is 16.2. The molecule has 0 aliphatic carbocycles. The van der Waals surface area contributed by atoms with Gasteiger partial charge in [-0.2, -0.15) is 0 Å². The number of sulfonamides is 1. The Morgan fingerprint density at radius 3 is 2.27 bits per heavy atom. The minimum atomic E-state index is -3.45.